The molecule has 2 aromatic rings. The average molecular weight is 341 g/mol. The number of aromatic nitrogens is 3. The van der Waals surface area contributed by atoms with Gasteiger partial charge in [0.25, 0.3) is 0 Å². The van der Waals surface area contributed by atoms with E-state index in [1.165, 1.54) is 18.4 Å². The molecule has 134 valence electrons. The molecule has 1 unspecified atom stereocenters. The average Bonchev–Trinajstić information content (AvgIpc) is 3.31. The summed E-state index contributed by atoms with van der Waals surface area (Å²) < 4.78 is 1.76. The van der Waals surface area contributed by atoms with Crippen LogP contribution in [0.25, 0.3) is 0 Å². The van der Waals surface area contributed by atoms with Crippen LogP contribution in [0.4, 0.5) is 0 Å². The van der Waals surface area contributed by atoms with Crippen molar-refractivity contribution >= 4 is 5.96 Å². The maximum Gasteiger partial charge on any atom is 0.191 e. The van der Waals surface area contributed by atoms with E-state index in [1.54, 1.807) is 18.1 Å². The van der Waals surface area contributed by atoms with Gasteiger partial charge in [-0.2, -0.15) is 5.10 Å². The molecule has 0 aliphatic carbocycles. The molecule has 0 bridgehead atoms. The van der Waals surface area contributed by atoms with Gasteiger partial charge in [-0.15, -0.1) is 0 Å². The number of benzene rings is 1. The largest absolute Gasteiger partial charge is 0.354 e. The lowest BCUT2D eigenvalue weighted by Crippen LogP contribution is -2.42. The molecule has 2 heterocycles. The zero-order valence-corrected chi connectivity index (χ0v) is 15.0. The summed E-state index contributed by atoms with van der Waals surface area (Å²) in [6.45, 7) is 3.73. The van der Waals surface area contributed by atoms with Crippen molar-refractivity contribution in [2.45, 2.75) is 25.4 Å². The van der Waals surface area contributed by atoms with E-state index in [2.05, 4.69) is 60.9 Å². The second kappa shape index (κ2) is 8.62. The Morgan fingerprint density at radius 2 is 1.96 bits per heavy atom. The number of rotatable bonds is 6. The molecule has 0 radical (unpaired) electrons. The topological polar surface area (TPSA) is 70.4 Å². The maximum atomic E-state index is 4.33. The molecule has 1 atom stereocenters. The van der Waals surface area contributed by atoms with E-state index >= 15 is 0 Å². The smallest absolute Gasteiger partial charge is 0.191 e. The van der Waals surface area contributed by atoms with Crippen molar-refractivity contribution in [2.75, 3.05) is 26.7 Å². The third-order valence-electron chi connectivity index (χ3n) is 4.67. The number of nitrogens with one attached hydrogen (secondary N) is 2. The molecule has 7 nitrogen and oxygen atoms in total. The lowest BCUT2D eigenvalue weighted by molar-refractivity contribution is 0.245. The molecular weight excluding hydrogens is 314 g/mol. The third kappa shape index (κ3) is 4.57. The van der Waals surface area contributed by atoms with Crippen molar-refractivity contribution in [2.24, 2.45) is 12.0 Å². The monoisotopic (exact) mass is 341 g/mol. The normalized spacial score (nSPS) is 16.8. The van der Waals surface area contributed by atoms with Crippen LogP contribution in [-0.2, 0) is 13.6 Å². The summed E-state index contributed by atoms with van der Waals surface area (Å²) in [5.41, 5.74) is 1.35. The Bertz CT molecular complexity index is 674. The van der Waals surface area contributed by atoms with Gasteiger partial charge in [0.1, 0.15) is 12.2 Å². The number of hydrogen-bond donors (Lipinski definition) is 2. The number of nitrogens with zero attached hydrogens (tertiary/aromatic N) is 5. The molecule has 1 saturated heterocycles. The van der Waals surface area contributed by atoms with E-state index in [0.717, 1.165) is 31.4 Å². The Labute approximate surface area is 149 Å². The molecule has 1 aromatic heterocycles. The van der Waals surface area contributed by atoms with Crippen LogP contribution in [0, 0.1) is 0 Å². The summed E-state index contributed by atoms with van der Waals surface area (Å²) in [6.07, 6.45) is 4.12. The first-order chi connectivity index (χ1) is 12.3. The van der Waals surface area contributed by atoms with E-state index in [1.807, 2.05) is 7.05 Å². The Hall–Kier alpha value is -2.41. The molecule has 3 rings (SSSR count). The van der Waals surface area contributed by atoms with Crippen LogP contribution in [0.3, 0.4) is 0 Å². The quantitative estimate of drug-likeness (QED) is 0.612. The SMILES string of the molecule is CN=C(NCc1ncnn1C)NCC(c1ccccc1)N1CCCC1. The highest BCUT2D eigenvalue weighted by Crippen LogP contribution is 2.24. The Morgan fingerprint density at radius 3 is 2.60 bits per heavy atom. The number of aryl methyl sites for hydroxylation is 1. The number of aliphatic imine (C=N–C) groups is 1. The van der Waals surface area contributed by atoms with Crippen molar-refractivity contribution in [3.05, 3.63) is 48.0 Å². The van der Waals surface area contributed by atoms with E-state index in [9.17, 15) is 0 Å². The van der Waals surface area contributed by atoms with Crippen LogP contribution in [-0.4, -0.2) is 52.3 Å². The van der Waals surface area contributed by atoms with Crippen LogP contribution in [0.15, 0.2) is 41.7 Å². The van der Waals surface area contributed by atoms with Crippen molar-refractivity contribution in [3.8, 4) is 0 Å². The summed E-state index contributed by atoms with van der Waals surface area (Å²) >= 11 is 0. The lowest BCUT2D eigenvalue weighted by Gasteiger charge is -2.28. The molecule has 2 N–H and O–H groups in total. The fourth-order valence-corrected chi connectivity index (χ4v) is 3.24. The fourth-order valence-electron chi connectivity index (χ4n) is 3.24. The minimum Gasteiger partial charge on any atom is -0.354 e. The molecular formula is C18H27N7. The van der Waals surface area contributed by atoms with Gasteiger partial charge in [-0.3, -0.25) is 14.6 Å². The molecule has 1 aliphatic heterocycles. The zero-order chi connectivity index (χ0) is 17.5. The molecule has 7 heteroatoms. The first kappa shape index (κ1) is 17.4. The molecule has 0 spiro atoms. The summed E-state index contributed by atoms with van der Waals surface area (Å²) in [5.74, 6) is 1.66. The van der Waals surface area contributed by atoms with Gasteiger partial charge in [0.05, 0.1) is 12.6 Å². The minimum absolute atomic E-state index is 0.358. The van der Waals surface area contributed by atoms with Crippen LogP contribution < -0.4 is 10.6 Å². The number of guanidine groups is 1. The summed E-state index contributed by atoms with van der Waals surface area (Å²) in [6, 6.07) is 11.1. The first-order valence-electron chi connectivity index (χ1n) is 8.84. The summed E-state index contributed by atoms with van der Waals surface area (Å²) in [7, 11) is 3.68. The summed E-state index contributed by atoms with van der Waals surface area (Å²) in [5, 5.41) is 10.9. The molecule has 1 fully saturated rings. The third-order valence-corrected chi connectivity index (χ3v) is 4.67. The van der Waals surface area contributed by atoms with Gasteiger partial charge in [-0.05, 0) is 31.5 Å². The summed E-state index contributed by atoms with van der Waals surface area (Å²) in [4.78, 5) is 11.1. The molecule has 0 amide bonds. The molecule has 1 aliphatic rings. The Kier molecular flexibility index (Phi) is 6.00. The number of hydrogen-bond acceptors (Lipinski definition) is 4. The first-order valence-corrected chi connectivity index (χ1v) is 8.84. The van der Waals surface area contributed by atoms with Crippen molar-refractivity contribution in [3.63, 3.8) is 0 Å². The standard InChI is InChI=1S/C18H27N7/c1-19-18(21-13-17-22-14-23-24(17)2)20-12-16(25-10-6-7-11-25)15-8-4-3-5-9-15/h3-5,8-9,14,16H,6-7,10-13H2,1-2H3,(H2,19,20,21). The van der Waals surface area contributed by atoms with E-state index in [0.29, 0.717) is 12.6 Å². The highest BCUT2D eigenvalue weighted by molar-refractivity contribution is 5.79. The van der Waals surface area contributed by atoms with E-state index in [4.69, 9.17) is 0 Å². The second-order valence-corrected chi connectivity index (χ2v) is 6.28. The second-order valence-electron chi connectivity index (χ2n) is 6.28. The van der Waals surface area contributed by atoms with Crippen molar-refractivity contribution in [1.82, 2.24) is 30.3 Å². The predicted molar refractivity (Wildman–Crippen MR) is 99.2 cm³/mol. The molecule has 25 heavy (non-hydrogen) atoms. The van der Waals surface area contributed by atoms with Crippen molar-refractivity contribution in [1.29, 1.82) is 0 Å². The molecule has 0 saturated carbocycles. The van der Waals surface area contributed by atoms with Gasteiger partial charge in [0.2, 0.25) is 0 Å². The van der Waals surface area contributed by atoms with Gasteiger partial charge >= 0.3 is 0 Å². The van der Waals surface area contributed by atoms with Gasteiger partial charge in [-0.25, -0.2) is 4.98 Å². The Balaban J connectivity index is 1.60. The van der Waals surface area contributed by atoms with Crippen LogP contribution in [0.1, 0.15) is 30.3 Å². The van der Waals surface area contributed by atoms with E-state index in [-0.39, 0.29) is 0 Å². The Morgan fingerprint density at radius 1 is 1.20 bits per heavy atom. The van der Waals surface area contributed by atoms with Crippen molar-refractivity contribution < 1.29 is 0 Å². The zero-order valence-electron chi connectivity index (χ0n) is 15.0. The number of likely N-dealkylation sites (tertiary alicyclic amines) is 1. The maximum absolute atomic E-state index is 4.33. The molecule has 1 aromatic carbocycles. The predicted octanol–water partition coefficient (Wildman–Crippen LogP) is 1.32. The highest BCUT2D eigenvalue weighted by atomic mass is 15.3. The van der Waals surface area contributed by atoms with Crippen LogP contribution in [0.2, 0.25) is 0 Å². The van der Waals surface area contributed by atoms with Crippen LogP contribution in [0.5, 0.6) is 0 Å². The van der Waals surface area contributed by atoms with E-state index < -0.39 is 0 Å². The van der Waals surface area contributed by atoms with Gasteiger partial charge in [0, 0.05) is 20.6 Å². The van der Waals surface area contributed by atoms with Crippen LogP contribution >= 0.6 is 0 Å². The van der Waals surface area contributed by atoms with Gasteiger partial charge < -0.3 is 10.6 Å². The fraction of sp³-hybridized carbons (Fsp3) is 0.500. The minimum atomic E-state index is 0.358. The lowest BCUT2D eigenvalue weighted by atomic mass is 10.1. The highest BCUT2D eigenvalue weighted by Gasteiger charge is 2.23. The van der Waals surface area contributed by atoms with Gasteiger partial charge in [-0.1, -0.05) is 30.3 Å². The van der Waals surface area contributed by atoms with Gasteiger partial charge in [0.15, 0.2) is 5.96 Å².